The molecule has 5 heteroatoms. The van der Waals surface area contributed by atoms with Crippen LogP contribution in [0.1, 0.15) is 19.3 Å². The second-order valence-corrected chi connectivity index (χ2v) is 5.72. The largest absolute Gasteiger partial charge is 0.384 e. The highest BCUT2D eigenvalue weighted by Crippen LogP contribution is 2.14. The summed E-state index contributed by atoms with van der Waals surface area (Å²) < 4.78 is 1.51. The molecule has 0 radical (unpaired) electrons. The lowest BCUT2D eigenvalue weighted by molar-refractivity contribution is 0.237. The molecule has 1 N–H and O–H groups in total. The predicted octanol–water partition coefficient (Wildman–Crippen LogP) is 1.83. The molecule has 0 amide bonds. The summed E-state index contributed by atoms with van der Waals surface area (Å²) in [5.74, 6) is 0. The standard InChI is InChI=1S/C16H22N4O/c1-19-12-18-15-11-13(5-6-14(15)16(19)21)17-7-10-20-8-3-2-4-9-20/h5-6,11-12,17H,2-4,7-10H2,1H3. The zero-order chi connectivity index (χ0) is 14.7. The number of rotatable bonds is 4. The molecule has 1 aromatic carbocycles. The van der Waals surface area contributed by atoms with Crippen molar-refractivity contribution in [1.29, 1.82) is 0 Å². The number of nitrogens with zero attached hydrogens (tertiary/aromatic N) is 3. The normalized spacial score (nSPS) is 16.2. The third-order valence-corrected chi connectivity index (χ3v) is 4.12. The van der Waals surface area contributed by atoms with E-state index in [4.69, 9.17) is 0 Å². The third kappa shape index (κ3) is 3.24. The van der Waals surface area contributed by atoms with Crippen molar-refractivity contribution in [3.63, 3.8) is 0 Å². The maximum absolute atomic E-state index is 12.0. The maximum Gasteiger partial charge on any atom is 0.260 e. The van der Waals surface area contributed by atoms with Gasteiger partial charge in [0, 0.05) is 25.8 Å². The number of aromatic nitrogens is 2. The van der Waals surface area contributed by atoms with Crippen LogP contribution in [0.4, 0.5) is 5.69 Å². The van der Waals surface area contributed by atoms with E-state index in [2.05, 4.69) is 15.2 Å². The zero-order valence-corrected chi connectivity index (χ0v) is 12.5. The van der Waals surface area contributed by atoms with Crippen LogP contribution < -0.4 is 10.9 Å². The lowest BCUT2D eigenvalue weighted by atomic mass is 10.1. The summed E-state index contributed by atoms with van der Waals surface area (Å²) in [5, 5.41) is 4.10. The second-order valence-electron chi connectivity index (χ2n) is 5.72. The molecule has 1 aliphatic rings. The van der Waals surface area contributed by atoms with Crippen LogP contribution in [-0.4, -0.2) is 40.6 Å². The molecule has 1 saturated heterocycles. The van der Waals surface area contributed by atoms with Crippen LogP contribution in [0, 0.1) is 0 Å². The topological polar surface area (TPSA) is 50.2 Å². The zero-order valence-electron chi connectivity index (χ0n) is 12.5. The molecule has 0 spiro atoms. The number of aryl methyl sites for hydroxylation is 1. The van der Waals surface area contributed by atoms with Crippen LogP contribution in [0.15, 0.2) is 29.3 Å². The van der Waals surface area contributed by atoms with Crippen LogP contribution in [-0.2, 0) is 7.05 Å². The fourth-order valence-electron chi connectivity index (χ4n) is 2.86. The number of likely N-dealkylation sites (tertiary alicyclic amines) is 1. The van der Waals surface area contributed by atoms with E-state index < -0.39 is 0 Å². The van der Waals surface area contributed by atoms with Gasteiger partial charge in [-0.3, -0.25) is 4.79 Å². The van der Waals surface area contributed by atoms with Crippen molar-refractivity contribution >= 4 is 16.6 Å². The Morgan fingerprint density at radius 2 is 2.05 bits per heavy atom. The van der Waals surface area contributed by atoms with Gasteiger partial charge in [-0.15, -0.1) is 0 Å². The van der Waals surface area contributed by atoms with E-state index in [0.29, 0.717) is 5.39 Å². The van der Waals surface area contributed by atoms with Crippen molar-refractivity contribution in [1.82, 2.24) is 14.5 Å². The number of nitrogens with one attached hydrogen (secondary N) is 1. The van der Waals surface area contributed by atoms with E-state index in [1.807, 2.05) is 18.2 Å². The van der Waals surface area contributed by atoms with Gasteiger partial charge in [-0.05, 0) is 44.1 Å². The lowest BCUT2D eigenvalue weighted by Crippen LogP contribution is -2.33. The minimum absolute atomic E-state index is 0.000123. The van der Waals surface area contributed by atoms with Crippen molar-refractivity contribution in [2.45, 2.75) is 19.3 Å². The fourth-order valence-corrected chi connectivity index (χ4v) is 2.86. The molecule has 3 rings (SSSR count). The van der Waals surface area contributed by atoms with Gasteiger partial charge in [0.2, 0.25) is 0 Å². The molecule has 2 heterocycles. The van der Waals surface area contributed by atoms with Gasteiger partial charge in [0.05, 0.1) is 17.2 Å². The van der Waals surface area contributed by atoms with Gasteiger partial charge >= 0.3 is 0 Å². The average Bonchev–Trinajstić information content (AvgIpc) is 2.52. The summed E-state index contributed by atoms with van der Waals surface area (Å²) in [6.45, 7) is 4.44. The number of benzene rings is 1. The molecule has 2 aromatic rings. The number of anilines is 1. The first-order valence-electron chi connectivity index (χ1n) is 7.66. The second kappa shape index (κ2) is 6.26. The Kier molecular flexibility index (Phi) is 4.20. The Labute approximate surface area is 124 Å². The van der Waals surface area contributed by atoms with E-state index in [0.717, 1.165) is 24.3 Å². The number of hydrogen-bond donors (Lipinski definition) is 1. The van der Waals surface area contributed by atoms with Gasteiger partial charge in [0.25, 0.3) is 5.56 Å². The molecule has 1 aliphatic heterocycles. The summed E-state index contributed by atoms with van der Waals surface area (Å²) in [4.78, 5) is 18.8. The van der Waals surface area contributed by atoms with Crippen LogP contribution >= 0.6 is 0 Å². The Bertz CT molecular complexity index is 674. The molecule has 0 saturated carbocycles. The first kappa shape index (κ1) is 14.1. The van der Waals surface area contributed by atoms with Crippen molar-refractivity contribution < 1.29 is 0 Å². The molecule has 0 unspecified atom stereocenters. The molecule has 1 fully saturated rings. The SMILES string of the molecule is Cn1cnc2cc(NCCN3CCCCC3)ccc2c1=O. The van der Waals surface area contributed by atoms with E-state index in [1.165, 1.54) is 36.9 Å². The molecule has 21 heavy (non-hydrogen) atoms. The minimum Gasteiger partial charge on any atom is -0.384 e. The Morgan fingerprint density at radius 3 is 2.86 bits per heavy atom. The van der Waals surface area contributed by atoms with Gasteiger partial charge in [-0.2, -0.15) is 0 Å². The van der Waals surface area contributed by atoms with Crippen molar-refractivity contribution in [3.05, 3.63) is 34.9 Å². The van der Waals surface area contributed by atoms with Crippen LogP contribution in [0.25, 0.3) is 10.9 Å². The highest BCUT2D eigenvalue weighted by molar-refractivity contribution is 5.81. The predicted molar refractivity (Wildman–Crippen MR) is 85.8 cm³/mol. The van der Waals surface area contributed by atoms with E-state index in [1.54, 1.807) is 13.4 Å². The Balaban J connectivity index is 1.64. The van der Waals surface area contributed by atoms with Crippen LogP contribution in [0.2, 0.25) is 0 Å². The van der Waals surface area contributed by atoms with Crippen molar-refractivity contribution in [2.24, 2.45) is 7.05 Å². The van der Waals surface area contributed by atoms with E-state index in [9.17, 15) is 4.79 Å². The fraction of sp³-hybridized carbons (Fsp3) is 0.500. The number of hydrogen-bond acceptors (Lipinski definition) is 4. The van der Waals surface area contributed by atoms with E-state index >= 15 is 0 Å². The molecule has 0 bridgehead atoms. The summed E-state index contributed by atoms with van der Waals surface area (Å²) in [6.07, 6.45) is 5.59. The maximum atomic E-state index is 12.0. The van der Waals surface area contributed by atoms with Crippen molar-refractivity contribution in [3.8, 4) is 0 Å². The number of fused-ring (bicyclic) bond motifs is 1. The van der Waals surface area contributed by atoms with Gasteiger partial charge in [0.15, 0.2) is 0 Å². The quantitative estimate of drug-likeness (QED) is 0.931. The number of piperidine rings is 1. The molecular formula is C16H22N4O. The highest BCUT2D eigenvalue weighted by Gasteiger charge is 2.09. The molecule has 5 nitrogen and oxygen atoms in total. The Hall–Kier alpha value is -1.88. The first-order valence-corrected chi connectivity index (χ1v) is 7.66. The molecular weight excluding hydrogens is 264 g/mol. The summed E-state index contributed by atoms with van der Waals surface area (Å²) in [5.41, 5.74) is 1.78. The Morgan fingerprint density at radius 1 is 1.24 bits per heavy atom. The molecule has 112 valence electrons. The third-order valence-electron chi connectivity index (χ3n) is 4.12. The average molecular weight is 286 g/mol. The smallest absolute Gasteiger partial charge is 0.260 e. The van der Waals surface area contributed by atoms with Gasteiger partial charge in [-0.25, -0.2) is 4.98 Å². The van der Waals surface area contributed by atoms with Crippen LogP contribution in [0.5, 0.6) is 0 Å². The van der Waals surface area contributed by atoms with Gasteiger partial charge in [-0.1, -0.05) is 6.42 Å². The van der Waals surface area contributed by atoms with Gasteiger partial charge < -0.3 is 14.8 Å². The highest BCUT2D eigenvalue weighted by atomic mass is 16.1. The summed E-state index contributed by atoms with van der Waals surface area (Å²) in [7, 11) is 1.72. The first-order chi connectivity index (χ1) is 10.2. The van der Waals surface area contributed by atoms with Crippen LogP contribution in [0.3, 0.4) is 0 Å². The summed E-state index contributed by atoms with van der Waals surface area (Å²) >= 11 is 0. The minimum atomic E-state index is -0.000123. The molecule has 0 atom stereocenters. The summed E-state index contributed by atoms with van der Waals surface area (Å²) in [6, 6.07) is 5.77. The monoisotopic (exact) mass is 286 g/mol. The van der Waals surface area contributed by atoms with E-state index in [-0.39, 0.29) is 5.56 Å². The molecule has 1 aromatic heterocycles. The van der Waals surface area contributed by atoms with Gasteiger partial charge in [0.1, 0.15) is 0 Å². The van der Waals surface area contributed by atoms with Crippen molar-refractivity contribution in [2.75, 3.05) is 31.5 Å². The lowest BCUT2D eigenvalue weighted by Gasteiger charge is -2.26. The molecule has 0 aliphatic carbocycles.